The first-order chi connectivity index (χ1) is 19.3. The van der Waals surface area contributed by atoms with E-state index in [1.807, 2.05) is 0 Å². The van der Waals surface area contributed by atoms with Crippen LogP contribution in [0, 0.1) is 11.7 Å². The number of alkyl carbamates (subject to hydrolysis) is 1. The number of nitrogens with one attached hydrogen (secondary N) is 2. The van der Waals surface area contributed by atoms with Crippen molar-refractivity contribution in [3.63, 3.8) is 0 Å². The van der Waals surface area contributed by atoms with Gasteiger partial charge in [-0.15, -0.1) is 0 Å². The molecule has 0 radical (unpaired) electrons. The number of nitrogens with zero attached hydrogens (tertiary/aromatic N) is 3. The number of aromatic nitrogens is 2. The Bertz CT molecular complexity index is 1390. The number of hydrogen-bond donors (Lipinski definition) is 2. The Morgan fingerprint density at radius 2 is 2.02 bits per heavy atom. The van der Waals surface area contributed by atoms with Gasteiger partial charge in [0.1, 0.15) is 28.1 Å². The van der Waals surface area contributed by atoms with E-state index in [1.54, 1.807) is 6.92 Å². The molecule has 0 spiro atoms. The maximum Gasteiger partial charge on any atom is 0.416 e. The standard InChI is InChI=1S/C27H32ClF2N5O4SSi/c1-26(17-10-16(6-7-18(17)29)11-19(30)20-13-33-22(28)14-32-20)21-12-27(21,23(36)31-2)40-25(35-26)39-24(37)34-15-38-8-9-41(3,4)5/h6-7,10-11,13-14,21H,8-9,12,15H2,1-5H3,(H,31,36)(H,34,37)/b19-11-/t21-,26+,27-/m0/s1. The molecular weight excluding hydrogens is 592 g/mol. The third-order valence-electron chi connectivity index (χ3n) is 6.98. The Kier molecular flexibility index (Phi) is 9.21. The monoisotopic (exact) mass is 623 g/mol. The second-order valence-electron chi connectivity index (χ2n) is 11.2. The summed E-state index contributed by atoms with van der Waals surface area (Å²) in [4.78, 5) is 37.8. The number of fused-ring (bicyclic) bond motifs is 1. The quantitative estimate of drug-likeness (QED) is 0.212. The molecule has 4 rings (SSSR count). The summed E-state index contributed by atoms with van der Waals surface area (Å²) in [7, 11) is 0.233. The van der Waals surface area contributed by atoms with E-state index < -0.39 is 42.0 Å². The Morgan fingerprint density at radius 3 is 2.68 bits per heavy atom. The van der Waals surface area contributed by atoms with Crippen LogP contribution in [0.4, 0.5) is 13.6 Å². The number of carbonyl (C=O) groups is 2. The van der Waals surface area contributed by atoms with Crippen molar-refractivity contribution in [3.8, 4) is 0 Å². The average molecular weight is 624 g/mol. The van der Waals surface area contributed by atoms with E-state index >= 15 is 4.39 Å². The number of ether oxygens (including phenoxy) is 2. The molecule has 220 valence electrons. The van der Waals surface area contributed by atoms with Crippen LogP contribution in [-0.2, 0) is 19.8 Å². The summed E-state index contributed by atoms with van der Waals surface area (Å²) in [5.41, 5.74) is -0.850. The number of aliphatic imine (C=N–C) groups is 1. The number of hydrogen-bond acceptors (Lipinski definition) is 8. The average Bonchev–Trinajstić information content (AvgIpc) is 3.65. The molecule has 14 heteroatoms. The molecule has 2 heterocycles. The van der Waals surface area contributed by atoms with E-state index in [-0.39, 0.29) is 34.3 Å². The normalized spacial score (nSPS) is 23.8. The summed E-state index contributed by atoms with van der Waals surface area (Å²) in [5, 5.41) is 5.22. The molecule has 1 aliphatic carbocycles. The zero-order chi connectivity index (χ0) is 30.0. The van der Waals surface area contributed by atoms with Gasteiger partial charge in [-0.1, -0.05) is 37.3 Å². The highest BCUT2D eigenvalue weighted by atomic mass is 35.5. The van der Waals surface area contributed by atoms with Crippen LogP contribution < -0.4 is 10.6 Å². The molecular formula is C27H32ClF2N5O4SSi. The fraction of sp³-hybridized carbons (Fsp3) is 0.444. The van der Waals surface area contributed by atoms with Gasteiger partial charge in [-0.25, -0.2) is 28.5 Å². The molecule has 2 N–H and O–H groups in total. The molecule has 2 amide bonds. The molecule has 41 heavy (non-hydrogen) atoms. The number of carbonyl (C=O) groups excluding carboxylic acids is 2. The van der Waals surface area contributed by atoms with Gasteiger partial charge in [0.25, 0.3) is 5.23 Å². The first kappa shape index (κ1) is 31.1. The predicted molar refractivity (Wildman–Crippen MR) is 158 cm³/mol. The zero-order valence-electron chi connectivity index (χ0n) is 23.4. The van der Waals surface area contributed by atoms with Gasteiger partial charge >= 0.3 is 6.09 Å². The lowest BCUT2D eigenvalue weighted by atomic mass is 9.84. The van der Waals surface area contributed by atoms with E-state index in [4.69, 9.17) is 21.1 Å². The smallest absolute Gasteiger partial charge is 0.385 e. The highest BCUT2D eigenvalue weighted by molar-refractivity contribution is 8.15. The van der Waals surface area contributed by atoms with Crippen LogP contribution in [0.5, 0.6) is 0 Å². The van der Waals surface area contributed by atoms with Gasteiger partial charge in [-0.2, -0.15) is 0 Å². The zero-order valence-corrected chi connectivity index (χ0v) is 26.0. The summed E-state index contributed by atoms with van der Waals surface area (Å²) in [6.07, 6.45) is 3.17. The predicted octanol–water partition coefficient (Wildman–Crippen LogP) is 5.60. The lowest BCUT2D eigenvalue weighted by molar-refractivity contribution is -0.121. The lowest BCUT2D eigenvalue weighted by Gasteiger charge is -2.34. The van der Waals surface area contributed by atoms with Crippen molar-refractivity contribution in [2.45, 2.75) is 49.3 Å². The number of thioether (sulfide) groups is 1. The van der Waals surface area contributed by atoms with Crippen molar-refractivity contribution in [3.05, 3.63) is 58.4 Å². The molecule has 0 bridgehead atoms. The molecule has 2 aliphatic rings. The first-order valence-corrected chi connectivity index (χ1v) is 17.9. The summed E-state index contributed by atoms with van der Waals surface area (Å²) < 4.78 is 40.2. The van der Waals surface area contributed by atoms with Crippen molar-refractivity contribution < 1.29 is 27.8 Å². The van der Waals surface area contributed by atoms with Gasteiger partial charge in [0, 0.05) is 33.2 Å². The fourth-order valence-electron chi connectivity index (χ4n) is 4.61. The van der Waals surface area contributed by atoms with E-state index in [0.717, 1.165) is 17.8 Å². The van der Waals surface area contributed by atoms with Gasteiger partial charge in [-0.3, -0.25) is 10.1 Å². The van der Waals surface area contributed by atoms with Crippen molar-refractivity contribution in [1.29, 1.82) is 0 Å². The molecule has 9 nitrogen and oxygen atoms in total. The second-order valence-corrected chi connectivity index (χ2v) is 18.5. The van der Waals surface area contributed by atoms with Crippen molar-refractivity contribution in [2.75, 3.05) is 20.4 Å². The van der Waals surface area contributed by atoms with Crippen molar-refractivity contribution >= 4 is 60.6 Å². The van der Waals surface area contributed by atoms with Crippen LogP contribution in [0.25, 0.3) is 11.9 Å². The second kappa shape index (κ2) is 12.2. The van der Waals surface area contributed by atoms with E-state index in [1.165, 1.54) is 43.7 Å². The SMILES string of the molecule is CNC(=O)[C@]12C[C@H]1[C@@](C)(c1cc(/C=C(\F)c3cnc(Cl)cn3)ccc1F)N=C(OC(=O)NCOCC[Si](C)(C)C)S2. The largest absolute Gasteiger partial charge is 0.416 e. The fourth-order valence-corrected chi connectivity index (χ4v) is 6.94. The van der Waals surface area contributed by atoms with Crippen LogP contribution in [0.3, 0.4) is 0 Å². The third kappa shape index (κ3) is 7.14. The molecule has 0 unspecified atom stereocenters. The van der Waals surface area contributed by atoms with E-state index in [0.29, 0.717) is 18.6 Å². The number of benzene rings is 1. The van der Waals surface area contributed by atoms with Crippen LogP contribution in [0.15, 0.2) is 35.6 Å². The van der Waals surface area contributed by atoms with Crippen LogP contribution in [0.1, 0.15) is 30.2 Å². The maximum absolute atomic E-state index is 15.4. The minimum atomic E-state index is -1.29. The Balaban J connectivity index is 1.59. The molecule has 0 saturated heterocycles. The molecule has 1 aromatic heterocycles. The molecule has 1 aromatic carbocycles. The van der Waals surface area contributed by atoms with Gasteiger partial charge in [0.2, 0.25) is 5.91 Å². The highest BCUT2D eigenvalue weighted by Crippen LogP contribution is 2.66. The third-order valence-corrected chi connectivity index (χ3v) is 10.2. The number of halogens is 3. The van der Waals surface area contributed by atoms with Gasteiger partial charge in [-0.05, 0) is 54.9 Å². The molecule has 1 aliphatic heterocycles. The van der Waals surface area contributed by atoms with E-state index in [2.05, 4.69) is 45.2 Å². The Hall–Kier alpha value is -2.87. The highest BCUT2D eigenvalue weighted by Gasteiger charge is 2.71. The molecule has 1 fully saturated rings. The number of amides is 2. The maximum atomic E-state index is 15.4. The topological polar surface area (TPSA) is 115 Å². The van der Waals surface area contributed by atoms with Crippen LogP contribution >= 0.6 is 23.4 Å². The van der Waals surface area contributed by atoms with Gasteiger partial charge in [0.15, 0.2) is 5.83 Å². The number of rotatable bonds is 9. The Morgan fingerprint density at radius 1 is 1.27 bits per heavy atom. The molecule has 1 saturated carbocycles. The minimum Gasteiger partial charge on any atom is -0.385 e. The van der Waals surface area contributed by atoms with Crippen molar-refractivity contribution in [1.82, 2.24) is 20.6 Å². The van der Waals surface area contributed by atoms with Crippen molar-refractivity contribution in [2.24, 2.45) is 10.9 Å². The Labute approximate surface area is 247 Å². The molecule has 2 aromatic rings. The summed E-state index contributed by atoms with van der Waals surface area (Å²) in [5.74, 6) is -1.97. The van der Waals surface area contributed by atoms with E-state index in [9.17, 15) is 14.0 Å². The van der Waals surface area contributed by atoms with Crippen LogP contribution in [0.2, 0.25) is 30.8 Å². The summed E-state index contributed by atoms with van der Waals surface area (Å²) >= 11 is 6.76. The van der Waals surface area contributed by atoms with Crippen LogP contribution in [-0.4, -0.2) is 60.4 Å². The summed E-state index contributed by atoms with van der Waals surface area (Å²) in [6, 6.07) is 5.03. The summed E-state index contributed by atoms with van der Waals surface area (Å²) in [6.45, 7) is 8.81. The lowest BCUT2D eigenvalue weighted by Crippen LogP contribution is -2.43. The molecule has 3 atom stereocenters. The van der Waals surface area contributed by atoms with Gasteiger partial charge < -0.3 is 14.8 Å². The minimum absolute atomic E-state index is 0.0365. The first-order valence-electron chi connectivity index (χ1n) is 13.0. The van der Waals surface area contributed by atoms with Gasteiger partial charge in [0.05, 0.1) is 17.9 Å².